The number of halogens is 3. The van der Waals surface area contributed by atoms with Gasteiger partial charge in [-0.1, -0.05) is 6.07 Å². The maximum atomic E-state index is 12.7. The zero-order valence-corrected chi connectivity index (χ0v) is 13.0. The van der Waals surface area contributed by atoms with Gasteiger partial charge in [-0.15, -0.1) is 0 Å². The first-order valence-corrected chi connectivity index (χ1v) is 6.96. The van der Waals surface area contributed by atoms with Gasteiger partial charge in [-0.25, -0.2) is 4.98 Å². The lowest BCUT2D eigenvalue weighted by Crippen LogP contribution is -2.43. The van der Waals surface area contributed by atoms with Crippen molar-refractivity contribution in [1.82, 2.24) is 10.3 Å². The third kappa shape index (κ3) is 4.84. The number of ether oxygens (including phenoxy) is 1. The predicted octanol–water partition coefficient (Wildman–Crippen LogP) is 3.55. The zero-order valence-electron chi connectivity index (χ0n) is 13.0. The summed E-state index contributed by atoms with van der Waals surface area (Å²) in [4.78, 5) is 15.3. The van der Waals surface area contributed by atoms with Gasteiger partial charge in [0.25, 0.3) is 5.91 Å². The topological polar surface area (TPSA) is 51.2 Å². The molecule has 2 rings (SSSR count). The number of alkyl halides is 3. The van der Waals surface area contributed by atoms with E-state index in [0.717, 1.165) is 6.07 Å². The average molecular weight is 326 g/mol. The highest BCUT2D eigenvalue weighted by Gasteiger charge is 2.32. The van der Waals surface area contributed by atoms with Gasteiger partial charge in [-0.2, -0.15) is 13.2 Å². The Morgan fingerprint density at radius 2 is 1.83 bits per heavy atom. The van der Waals surface area contributed by atoms with E-state index in [4.69, 9.17) is 4.74 Å². The lowest BCUT2D eigenvalue weighted by atomic mass is 10.1. The van der Waals surface area contributed by atoms with E-state index < -0.39 is 11.9 Å². The summed E-state index contributed by atoms with van der Waals surface area (Å²) in [5.74, 6) is -0.0250. The van der Waals surface area contributed by atoms with Gasteiger partial charge in [0.2, 0.25) is 0 Å². The third-order valence-corrected chi connectivity index (χ3v) is 2.84. The number of aromatic nitrogens is 1. The molecular weight excluding hydrogens is 309 g/mol. The number of hydrogen-bond donors (Lipinski definition) is 1. The summed E-state index contributed by atoms with van der Waals surface area (Å²) in [5.41, 5.74) is -1.19. The predicted molar refractivity (Wildman–Crippen MR) is 80.1 cm³/mol. The van der Waals surface area contributed by atoms with E-state index in [2.05, 4.69) is 10.3 Å². The summed E-state index contributed by atoms with van der Waals surface area (Å²) in [6.45, 7) is 5.29. The molecule has 23 heavy (non-hydrogen) atoms. The minimum Gasteiger partial charge on any atom is -0.484 e. The molecule has 1 aromatic heterocycles. The lowest BCUT2D eigenvalue weighted by Gasteiger charge is -2.20. The molecule has 0 saturated heterocycles. The monoisotopic (exact) mass is 326 g/mol. The number of fused-ring (bicyclic) bond motifs is 1. The Balaban J connectivity index is 2.14. The Labute approximate surface area is 131 Å². The van der Waals surface area contributed by atoms with Crippen LogP contribution in [-0.4, -0.2) is 23.0 Å². The summed E-state index contributed by atoms with van der Waals surface area (Å²) in [7, 11) is 0. The highest BCUT2D eigenvalue weighted by molar-refractivity contribution is 5.81. The van der Waals surface area contributed by atoms with Crippen molar-refractivity contribution in [2.24, 2.45) is 0 Å². The first-order valence-electron chi connectivity index (χ1n) is 6.96. The van der Waals surface area contributed by atoms with Crippen LogP contribution < -0.4 is 10.1 Å². The van der Waals surface area contributed by atoms with E-state index >= 15 is 0 Å². The number of benzene rings is 1. The maximum absolute atomic E-state index is 12.7. The van der Waals surface area contributed by atoms with Crippen LogP contribution in [-0.2, 0) is 11.0 Å². The standard InChI is InChI=1S/C16H17F3N2O2/c1-15(2,3)21-14(22)9-23-11-6-4-10-5-7-13(16(17,18)19)20-12(10)8-11/h4-8H,9H2,1-3H3,(H,21,22). The van der Waals surface area contributed by atoms with Crippen LogP contribution in [0.3, 0.4) is 0 Å². The highest BCUT2D eigenvalue weighted by Crippen LogP contribution is 2.29. The number of rotatable bonds is 3. The van der Waals surface area contributed by atoms with Crippen LogP contribution in [0.25, 0.3) is 10.9 Å². The SMILES string of the molecule is CC(C)(C)NC(=O)COc1ccc2ccc(C(F)(F)F)nc2c1. The fourth-order valence-electron chi connectivity index (χ4n) is 1.95. The van der Waals surface area contributed by atoms with Crippen molar-refractivity contribution in [2.45, 2.75) is 32.5 Å². The molecule has 2 aromatic rings. The second-order valence-corrected chi connectivity index (χ2v) is 6.14. The van der Waals surface area contributed by atoms with Crippen LogP contribution in [0.5, 0.6) is 5.75 Å². The van der Waals surface area contributed by atoms with Gasteiger partial charge in [0.15, 0.2) is 6.61 Å². The number of hydrogen-bond acceptors (Lipinski definition) is 3. The maximum Gasteiger partial charge on any atom is 0.433 e. The molecule has 0 atom stereocenters. The molecule has 124 valence electrons. The second kappa shape index (κ2) is 6.06. The van der Waals surface area contributed by atoms with Crippen LogP contribution in [0, 0.1) is 0 Å². The Kier molecular flexibility index (Phi) is 4.49. The fraction of sp³-hybridized carbons (Fsp3) is 0.375. The van der Waals surface area contributed by atoms with Crippen molar-refractivity contribution >= 4 is 16.8 Å². The Bertz CT molecular complexity index is 721. The third-order valence-electron chi connectivity index (χ3n) is 2.84. The molecule has 0 unspecified atom stereocenters. The van der Waals surface area contributed by atoms with E-state index in [1.54, 1.807) is 12.1 Å². The number of nitrogens with zero attached hydrogens (tertiary/aromatic N) is 1. The molecule has 1 aromatic carbocycles. The highest BCUT2D eigenvalue weighted by atomic mass is 19.4. The fourth-order valence-corrected chi connectivity index (χ4v) is 1.95. The molecule has 1 heterocycles. The van der Waals surface area contributed by atoms with Gasteiger partial charge in [0, 0.05) is 17.0 Å². The van der Waals surface area contributed by atoms with E-state index in [-0.39, 0.29) is 29.3 Å². The molecule has 0 bridgehead atoms. The molecule has 7 heteroatoms. The number of pyridine rings is 1. The molecular formula is C16H17F3N2O2. The van der Waals surface area contributed by atoms with Crippen molar-refractivity contribution in [3.8, 4) is 5.75 Å². The number of carbonyl (C=O) groups is 1. The van der Waals surface area contributed by atoms with Crippen LogP contribution in [0.4, 0.5) is 13.2 Å². The summed E-state index contributed by atoms with van der Waals surface area (Å²) >= 11 is 0. The van der Waals surface area contributed by atoms with Crippen molar-refractivity contribution in [2.75, 3.05) is 6.61 Å². The average Bonchev–Trinajstić information content (AvgIpc) is 2.41. The largest absolute Gasteiger partial charge is 0.484 e. The van der Waals surface area contributed by atoms with E-state index in [1.807, 2.05) is 20.8 Å². The summed E-state index contributed by atoms with van der Waals surface area (Å²) in [5, 5.41) is 3.29. The van der Waals surface area contributed by atoms with Gasteiger partial charge in [0.1, 0.15) is 11.4 Å². The van der Waals surface area contributed by atoms with Crippen molar-refractivity contribution in [1.29, 1.82) is 0 Å². The smallest absolute Gasteiger partial charge is 0.433 e. The van der Waals surface area contributed by atoms with Crippen LogP contribution in [0.2, 0.25) is 0 Å². The molecule has 0 radical (unpaired) electrons. The quantitative estimate of drug-likeness (QED) is 0.938. The lowest BCUT2D eigenvalue weighted by molar-refractivity contribution is -0.141. The minimum atomic E-state index is -4.50. The summed E-state index contributed by atoms with van der Waals surface area (Å²) in [6.07, 6.45) is -4.50. The van der Waals surface area contributed by atoms with Gasteiger partial charge >= 0.3 is 6.18 Å². The molecule has 0 saturated carbocycles. The first kappa shape index (κ1) is 17.1. The Hall–Kier alpha value is -2.31. The normalized spacial score (nSPS) is 12.3. The summed E-state index contributed by atoms with van der Waals surface area (Å²) < 4.78 is 43.4. The second-order valence-electron chi connectivity index (χ2n) is 6.14. The first-order chi connectivity index (χ1) is 10.5. The number of nitrogens with one attached hydrogen (secondary N) is 1. The Morgan fingerprint density at radius 1 is 1.17 bits per heavy atom. The molecule has 1 amide bonds. The van der Waals surface area contributed by atoms with E-state index in [1.165, 1.54) is 12.1 Å². The van der Waals surface area contributed by atoms with Gasteiger partial charge < -0.3 is 10.1 Å². The Morgan fingerprint density at radius 3 is 2.43 bits per heavy atom. The molecule has 4 nitrogen and oxygen atoms in total. The van der Waals surface area contributed by atoms with Crippen LogP contribution in [0.15, 0.2) is 30.3 Å². The van der Waals surface area contributed by atoms with Gasteiger partial charge in [-0.3, -0.25) is 4.79 Å². The van der Waals surface area contributed by atoms with Crippen LogP contribution in [0.1, 0.15) is 26.5 Å². The van der Waals surface area contributed by atoms with Crippen molar-refractivity contribution < 1.29 is 22.7 Å². The number of carbonyl (C=O) groups excluding carboxylic acids is 1. The van der Waals surface area contributed by atoms with Crippen LogP contribution >= 0.6 is 0 Å². The minimum absolute atomic E-state index is 0.161. The van der Waals surface area contributed by atoms with Gasteiger partial charge in [-0.05, 0) is 39.0 Å². The zero-order chi connectivity index (χ0) is 17.3. The molecule has 1 N–H and O–H groups in total. The molecule has 0 aliphatic carbocycles. The van der Waals surface area contributed by atoms with E-state index in [0.29, 0.717) is 5.39 Å². The number of amides is 1. The molecule has 0 fully saturated rings. The van der Waals surface area contributed by atoms with Gasteiger partial charge in [0.05, 0.1) is 5.52 Å². The summed E-state index contributed by atoms with van der Waals surface area (Å²) in [6, 6.07) is 6.84. The molecule has 0 aliphatic heterocycles. The molecule has 0 spiro atoms. The molecule has 0 aliphatic rings. The van der Waals surface area contributed by atoms with Crippen molar-refractivity contribution in [3.05, 3.63) is 36.0 Å². The van der Waals surface area contributed by atoms with Crippen molar-refractivity contribution in [3.63, 3.8) is 0 Å². The van der Waals surface area contributed by atoms with E-state index in [9.17, 15) is 18.0 Å².